The number of aromatic hydroxyl groups is 1. The van der Waals surface area contributed by atoms with E-state index >= 15 is 0 Å². The van der Waals surface area contributed by atoms with E-state index in [1.165, 1.54) is 23.3 Å². The molecule has 3 rings (SSSR count). The van der Waals surface area contributed by atoms with Gasteiger partial charge in [-0.15, -0.1) is 0 Å². The van der Waals surface area contributed by atoms with E-state index in [-0.39, 0.29) is 23.4 Å². The molecule has 1 unspecified atom stereocenters. The maximum Gasteiger partial charge on any atom is 0.274 e. The summed E-state index contributed by atoms with van der Waals surface area (Å²) in [5, 5.41) is 12.9. The van der Waals surface area contributed by atoms with Gasteiger partial charge in [-0.25, -0.2) is 8.78 Å². The van der Waals surface area contributed by atoms with Crippen LogP contribution in [0.3, 0.4) is 0 Å². The second kappa shape index (κ2) is 11.5. The summed E-state index contributed by atoms with van der Waals surface area (Å²) in [6.07, 6.45) is 5.48. The smallest absolute Gasteiger partial charge is 0.274 e. The van der Waals surface area contributed by atoms with E-state index in [0.29, 0.717) is 37.5 Å². The third-order valence-electron chi connectivity index (χ3n) is 6.43. The Labute approximate surface area is 203 Å². The van der Waals surface area contributed by atoms with Crippen molar-refractivity contribution < 1.29 is 23.5 Å². The van der Waals surface area contributed by atoms with Crippen molar-refractivity contribution in [3.63, 3.8) is 0 Å². The molecule has 0 saturated heterocycles. The average Bonchev–Trinajstić information content (AvgIpc) is 2.79. The van der Waals surface area contributed by atoms with E-state index in [0.717, 1.165) is 25.3 Å². The first-order chi connectivity index (χ1) is 16.6. The van der Waals surface area contributed by atoms with E-state index in [9.17, 15) is 28.3 Å². The van der Waals surface area contributed by atoms with Gasteiger partial charge in [0.15, 0.2) is 11.4 Å². The number of carbonyl (C=O) groups is 2. The van der Waals surface area contributed by atoms with Gasteiger partial charge in [0, 0.05) is 44.0 Å². The van der Waals surface area contributed by atoms with Crippen LogP contribution in [0.5, 0.6) is 5.75 Å². The van der Waals surface area contributed by atoms with Crippen LogP contribution in [0.25, 0.3) is 0 Å². The molecule has 2 N–H and O–H groups in total. The van der Waals surface area contributed by atoms with E-state index in [1.807, 2.05) is 0 Å². The molecule has 1 atom stereocenters. The van der Waals surface area contributed by atoms with Crippen LogP contribution >= 0.6 is 0 Å². The molecule has 0 radical (unpaired) electrons. The van der Waals surface area contributed by atoms with Crippen molar-refractivity contribution in [1.29, 1.82) is 0 Å². The second-order valence-corrected chi connectivity index (χ2v) is 9.69. The van der Waals surface area contributed by atoms with E-state index in [4.69, 9.17) is 0 Å². The Morgan fingerprint density at radius 3 is 2.54 bits per heavy atom. The zero-order valence-electron chi connectivity index (χ0n) is 20.4. The van der Waals surface area contributed by atoms with Gasteiger partial charge in [0.2, 0.25) is 5.43 Å². The van der Waals surface area contributed by atoms with Crippen LogP contribution in [0, 0.1) is 23.5 Å². The molecule has 1 aromatic heterocycles. The highest BCUT2D eigenvalue weighted by molar-refractivity contribution is 5.99. The van der Waals surface area contributed by atoms with Gasteiger partial charge in [0.05, 0.1) is 0 Å². The molecule has 0 spiro atoms. The van der Waals surface area contributed by atoms with Crippen LogP contribution in [0.2, 0.25) is 0 Å². The molecule has 190 valence electrons. The number of halogens is 2. The van der Waals surface area contributed by atoms with E-state index < -0.39 is 34.6 Å². The van der Waals surface area contributed by atoms with Crippen LogP contribution in [0.1, 0.15) is 72.9 Å². The molecule has 2 heterocycles. The molecule has 0 aliphatic carbocycles. The summed E-state index contributed by atoms with van der Waals surface area (Å²) in [5.74, 6) is -2.48. The van der Waals surface area contributed by atoms with Crippen molar-refractivity contribution in [2.75, 3.05) is 13.1 Å². The molecule has 0 saturated carbocycles. The summed E-state index contributed by atoms with van der Waals surface area (Å²) in [5.41, 5.74) is -1.40. The minimum atomic E-state index is -0.967. The number of carbonyl (C=O) groups excluding carboxylic acids is 2. The van der Waals surface area contributed by atoms with Crippen LogP contribution in [0.4, 0.5) is 8.78 Å². The van der Waals surface area contributed by atoms with E-state index in [1.54, 1.807) is 4.90 Å². The van der Waals surface area contributed by atoms with Gasteiger partial charge in [-0.2, -0.15) is 0 Å². The highest BCUT2D eigenvalue weighted by Gasteiger charge is 2.30. The number of nitrogens with one attached hydrogen (secondary N) is 1. The quantitative estimate of drug-likeness (QED) is 0.526. The van der Waals surface area contributed by atoms with Crippen molar-refractivity contribution >= 4 is 11.8 Å². The first-order valence-corrected chi connectivity index (χ1v) is 12.1. The summed E-state index contributed by atoms with van der Waals surface area (Å²) in [7, 11) is 0. The number of aromatic nitrogens is 1. The molecule has 0 fully saturated rings. The first-order valence-electron chi connectivity index (χ1n) is 12.1. The van der Waals surface area contributed by atoms with Crippen molar-refractivity contribution in [1.82, 2.24) is 14.8 Å². The largest absolute Gasteiger partial charge is 0.503 e. The molecule has 35 heavy (non-hydrogen) atoms. The Hall–Kier alpha value is -3.23. The maximum atomic E-state index is 13.8. The predicted molar refractivity (Wildman–Crippen MR) is 128 cm³/mol. The van der Waals surface area contributed by atoms with Gasteiger partial charge in [-0.1, -0.05) is 46.1 Å². The molecule has 9 heteroatoms. The van der Waals surface area contributed by atoms with Gasteiger partial charge in [-0.05, 0) is 24.3 Å². The van der Waals surface area contributed by atoms with Crippen molar-refractivity contribution in [3.8, 4) is 5.75 Å². The standard InChI is InChI=1S/C26H33F2N3O4/c1-16(2)5-4-6-17(3)9-10-30-11-12-31-15-20(23(32)24(33)22(31)26(30)35)25(34)29-14-18-7-8-19(27)13-21(18)28/h7-8,13,15-17,33H,4-6,9-12,14H2,1-3H3,(H,29,34). The molecule has 1 aliphatic heterocycles. The summed E-state index contributed by atoms with van der Waals surface area (Å²) < 4.78 is 28.3. The van der Waals surface area contributed by atoms with Gasteiger partial charge in [0.1, 0.15) is 17.2 Å². The minimum absolute atomic E-state index is 0.0475. The third kappa shape index (κ3) is 6.46. The lowest BCUT2D eigenvalue weighted by atomic mass is 9.97. The summed E-state index contributed by atoms with van der Waals surface area (Å²) in [6, 6.07) is 2.96. The van der Waals surface area contributed by atoms with Gasteiger partial charge < -0.3 is 19.9 Å². The number of nitrogens with zero attached hydrogens (tertiary/aromatic N) is 2. The summed E-state index contributed by atoms with van der Waals surface area (Å²) in [6.45, 7) is 7.54. The molecule has 1 aromatic carbocycles. The summed E-state index contributed by atoms with van der Waals surface area (Å²) in [4.78, 5) is 39.9. The number of benzene rings is 1. The summed E-state index contributed by atoms with van der Waals surface area (Å²) >= 11 is 0. The van der Waals surface area contributed by atoms with Crippen LogP contribution in [-0.2, 0) is 13.1 Å². The average molecular weight is 490 g/mol. The van der Waals surface area contributed by atoms with Gasteiger partial charge >= 0.3 is 0 Å². The maximum absolute atomic E-state index is 13.8. The number of hydrogen-bond acceptors (Lipinski definition) is 4. The monoisotopic (exact) mass is 489 g/mol. The number of rotatable bonds is 10. The Morgan fingerprint density at radius 2 is 1.86 bits per heavy atom. The Balaban J connectivity index is 1.67. The molecule has 0 bridgehead atoms. The third-order valence-corrected chi connectivity index (χ3v) is 6.43. The highest BCUT2D eigenvalue weighted by Crippen LogP contribution is 2.22. The van der Waals surface area contributed by atoms with Gasteiger partial charge in [-0.3, -0.25) is 14.4 Å². The lowest BCUT2D eigenvalue weighted by molar-refractivity contribution is 0.0685. The number of hydrogen-bond donors (Lipinski definition) is 2. The molecular weight excluding hydrogens is 456 g/mol. The normalized spacial score (nSPS) is 14.2. The zero-order chi connectivity index (χ0) is 25.7. The van der Waals surface area contributed by atoms with Crippen LogP contribution in [-0.4, -0.2) is 39.5 Å². The number of fused-ring (bicyclic) bond motifs is 1. The fourth-order valence-corrected chi connectivity index (χ4v) is 4.24. The second-order valence-electron chi connectivity index (χ2n) is 9.69. The topological polar surface area (TPSA) is 91.6 Å². The fourth-order valence-electron chi connectivity index (χ4n) is 4.24. The minimum Gasteiger partial charge on any atom is -0.503 e. The Morgan fingerprint density at radius 1 is 1.11 bits per heavy atom. The van der Waals surface area contributed by atoms with Gasteiger partial charge in [0.25, 0.3) is 11.8 Å². The first kappa shape index (κ1) is 26.4. The van der Waals surface area contributed by atoms with Crippen molar-refractivity contribution in [2.24, 2.45) is 11.8 Å². The van der Waals surface area contributed by atoms with Crippen LogP contribution < -0.4 is 10.7 Å². The molecule has 7 nitrogen and oxygen atoms in total. The Kier molecular flexibility index (Phi) is 8.64. The van der Waals surface area contributed by atoms with Crippen molar-refractivity contribution in [2.45, 2.75) is 59.5 Å². The molecular formula is C26H33F2N3O4. The Bertz CT molecular complexity index is 1150. The van der Waals surface area contributed by atoms with Crippen LogP contribution in [0.15, 0.2) is 29.2 Å². The van der Waals surface area contributed by atoms with Crippen molar-refractivity contribution in [3.05, 3.63) is 63.1 Å². The predicted octanol–water partition coefficient (Wildman–Crippen LogP) is 4.07. The fraction of sp³-hybridized carbons (Fsp3) is 0.500. The number of amides is 2. The number of pyridine rings is 1. The molecule has 2 amide bonds. The molecule has 2 aromatic rings. The lowest BCUT2D eigenvalue weighted by Gasteiger charge is -2.31. The SMILES string of the molecule is CC(C)CCCC(C)CCN1CCn2cc(C(=O)NCc3ccc(F)cc3F)c(=O)c(O)c2C1=O. The molecule has 1 aliphatic rings. The lowest BCUT2D eigenvalue weighted by Crippen LogP contribution is -2.43. The highest BCUT2D eigenvalue weighted by atomic mass is 19.1. The zero-order valence-corrected chi connectivity index (χ0v) is 20.4. The van der Waals surface area contributed by atoms with E-state index in [2.05, 4.69) is 26.1 Å².